The van der Waals surface area contributed by atoms with E-state index >= 15 is 0 Å². The van der Waals surface area contributed by atoms with Crippen molar-refractivity contribution in [3.05, 3.63) is 23.3 Å². The molecule has 4 fully saturated rings. The van der Waals surface area contributed by atoms with Crippen molar-refractivity contribution in [3.63, 3.8) is 0 Å². The standard InChI is InChI=1S/C39H58O6.CH4/c1-23(2)31-27(41)20-39(22-40)19-18-37(10)26(32(31)39)12-13-29-36(9)16-15-28(24(3)25(36)14-17-38(29,37)11)44-30(42)21-35(7,8)33(43)45-34(4,5)6;/h22-23,25-26,28-29H,3,12-21H2,1-2,4-11H3;1H4/t25?,26-,28+,29-,36+,37-,38-,39+;/m1./s1. The third kappa shape index (κ3) is 5.46. The summed E-state index contributed by atoms with van der Waals surface area (Å²) in [6, 6.07) is 0. The van der Waals surface area contributed by atoms with E-state index in [0.29, 0.717) is 12.3 Å². The third-order valence-electron chi connectivity index (χ3n) is 13.6. The van der Waals surface area contributed by atoms with E-state index in [-0.39, 0.29) is 65.7 Å². The second-order valence-corrected chi connectivity index (χ2v) is 18.1. The first-order valence-corrected chi connectivity index (χ1v) is 17.5. The molecule has 5 aliphatic carbocycles. The molecule has 0 bridgehead atoms. The van der Waals surface area contributed by atoms with Crippen molar-refractivity contribution < 1.29 is 28.7 Å². The zero-order chi connectivity index (χ0) is 33.5. The second-order valence-electron chi connectivity index (χ2n) is 18.1. The lowest BCUT2D eigenvalue weighted by molar-refractivity contribution is -0.192. The molecule has 8 atom stereocenters. The van der Waals surface area contributed by atoms with Gasteiger partial charge in [-0.25, -0.2) is 0 Å². The number of aldehydes is 1. The van der Waals surface area contributed by atoms with Gasteiger partial charge in [-0.1, -0.05) is 48.6 Å². The molecule has 0 spiro atoms. The highest BCUT2D eigenvalue weighted by molar-refractivity contribution is 6.03. The molecular weight excluding hydrogens is 576 g/mol. The van der Waals surface area contributed by atoms with Crippen LogP contribution in [0.4, 0.5) is 0 Å². The molecule has 0 saturated heterocycles. The van der Waals surface area contributed by atoms with Crippen LogP contribution in [0.25, 0.3) is 0 Å². The van der Waals surface area contributed by atoms with Gasteiger partial charge >= 0.3 is 11.9 Å². The molecule has 5 rings (SSSR count). The smallest absolute Gasteiger partial charge is 0.312 e. The molecule has 0 radical (unpaired) electrons. The molecule has 1 unspecified atom stereocenters. The van der Waals surface area contributed by atoms with E-state index in [1.165, 1.54) is 5.57 Å². The van der Waals surface area contributed by atoms with Crippen molar-refractivity contribution in [3.8, 4) is 0 Å². The van der Waals surface area contributed by atoms with Gasteiger partial charge in [0.15, 0.2) is 5.78 Å². The molecule has 0 heterocycles. The van der Waals surface area contributed by atoms with E-state index in [0.717, 1.165) is 68.8 Å². The monoisotopic (exact) mass is 638 g/mol. The minimum absolute atomic E-state index is 0. The minimum Gasteiger partial charge on any atom is -0.460 e. The Labute approximate surface area is 278 Å². The summed E-state index contributed by atoms with van der Waals surface area (Å²) in [7, 11) is 0. The Morgan fingerprint density at radius 3 is 2.17 bits per heavy atom. The summed E-state index contributed by atoms with van der Waals surface area (Å²) in [5, 5.41) is 0. The lowest BCUT2D eigenvalue weighted by atomic mass is 9.34. The van der Waals surface area contributed by atoms with Crippen LogP contribution in [0.15, 0.2) is 23.3 Å². The Morgan fingerprint density at radius 2 is 1.59 bits per heavy atom. The predicted octanol–water partition coefficient (Wildman–Crippen LogP) is 9.00. The van der Waals surface area contributed by atoms with Gasteiger partial charge in [-0.05, 0) is 143 Å². The Kier molecular flexibility index (Phi) is 9.32. The zero-order valence-electron chi connectivity index (χ0n) is 29.7. The molecule has 0 amide bonds. The molecule has 0 aromatic carbocycles. The van der Waals surface area contributed by atoms with Gasteiger partial charge in [0.1, 0.15) is 18.0 Å². The molecule has 6 heteroatoms. The lowest BCUT2D eigenvalue weighted by Crippen LogP contribution is -2.63. The largest absolute Gasteiger partial charge is 0.460 e. The number of carbonyl (C=O) groups is 4. The van der Waals surface area contributed by atoms with E-state index < -0.39 is 22.4 Å². The van der Waals surface area contributed by atoms with Crippen LogP contribution >= 0.6 is 0 Å². The Hall–Kier alpha value is -2.24. The summed E-state index contributed by atoms with van der Waals surface area (Å²) >= 11 is 0. The molecule has 0 aliphatic heterocycles. The van der Waals surface area contributed by atoms with Crippen LogP contribution in [0.3, 0.4) is 0 Å². The van der Waals surface area contributed by atoms with Crippen molar-refractivity contribution in [1.82, 2.24) is 0 Å². The predicted molar refractivity (Wildman–Crippen MR) is 182 cm³/mol. The van der Waals surface area contributed by atoms with Crippen LogP contribution < -0.4 is 0 Å². The van der Waals surface area contributed by atoms with Crippen molar-refractivity contribution in [2.45, 2.75) is 153 Å². The summed E-state index contributed by atoms with van der Waals surface area (Å²) in [4.78, 5) is 52.0. The van der Waals surface area contributed by atoms with Gasteiger partial charge in [-0.15, -0.1) is 0 Å². The number of hydrogen-bond donors (Lipinski definition) is 0. The first-order valence-electron chi connectivity index (χ1n) is 17.5. The number of ether oxygens (including phenoxy) is 2. The average molecular weight is 639 g/mol. The van der Waals surface area contributed by atoms with Gasteiger partial charge < -0.3 is 14.3 Å². The van der Waals surface area contributed by atoms with Gasteiger partial charge in [0, 0.05) is 6.42 Å². The normalized spacial score (nSPS) is 39.0. The summed E-state index contributed by atoms with van der Waals surface area (Å²) in [5.41, 5.74) is 1.09. The quantitative estimate of drug-likeness (QED) is 0.164. The van der Waals surface area contributed by atoms with Gasteiger partial charge in [-0.2, -0.15) is 0 Å². The highest BCUT2D eigenvalue weighted by atomic mass is 16.6. The van der Waals surface area contributed by atoms with Crippen LogP contribution in [0.1, 0.15) is 141 Å². The van der Waals surface area contributed by atoms with Gasteiger partial charge in [-0.3, -0.25) is 14.4 Å². The van der Waals surface area contributed by atoms with Crippen LogP contribution in [-0.2, 0) is 28.7 Å². The van der Waals surface area contributed by atoms with Crippen LogP contribution in [0.5, 0.6) is 0 Å². The number of Topliss-reactive ketones (excluding diaryl/α,β-unsaturated/α-hetero) is 1. The molecule has 0 N–H and O–H groups in total. The highest BCUT2D eigenvalue weighted by Crippen LogP contribution is 2.75. The average Bonchev–Trinajstić information content (AvgIpc) is 3.22. The minimum atomic E-state index is -0.980. The molecule has 46 heavy (non-hydrogen) atoms. The molecular formula is C40H62O6. The summed E-state index contributed by atoms with van der Waals surface area (Å²) in [5.74, 6) is 0.546. The van der Waals surface area contributed by atoms with Crippen molar-refractivity contribution in [2.75, 3.05) is 0 Å². The van der Waals surface area contributed by atoms with E-state index in [1.54, 1.807) is 13.8 Å². The number of hydrogen-bond acceptors (Lipinski definition) is 6. The van der Waals surface area contributed by atoms with E-state index in [9.17, 15) is 19.2 Å². The first kappa shape index (κ1) is 36.6. The van der Waals surface area contributed by atoms with Gasteiger partial charge in [0.2, 0.25) is 0 Å². The SMILES string of the molecule is C.C=C1C2CC[C@]3(C)[C@H](CC[C@@H]4C5=C(C(C)C)C(=O)C[C@]5(C=O)CC[C@]43C)[C@@]2(C)CC[C@@H]1OC(=O)CC(C)(C)C(=O)OC(C)(C)C. The molecule has 4 saturated carbocycles. The second kappa shape index (κ2) is 11.7. The summed E-state index contributed by atoms with van der Waals surface area (Å²) in [6.45, 7) is 25.2. The fourth-order valence-electron chi connectivity index (χ4n) is 11.1. The number of allylic oxidation sites excluding steroid dienone is 2. The maximum Gasteiger partial charge on any atom is 0.312 e. The van der Waals surface area contributed by atoms with E-state index in [4.69, 9.17) is 9.47 Å². The van der Waals surface area contributed by atoms with E-state index in [2.05, 4.69) is 41.2 Å². The fourth-order valence-corrected chi connectivity index (χ4v) is 11.1. The molecule has 0 aromatic rings. The van der Waals surface area contributed by atoms with Gasteiger partial charge in [0.05, 0.1) is 17.3 Å². The number of ketones is 1. The topological polar surface area (TPSA) is 86.7 Å². The third-order valence-corrected chi connectivity index (χ3v) is 13.6. The summed E-state index contributed by atoms with van der Waals surface area (Å²) < 4.78 is 11.6. The maximum absolute atomic E-state index is 13.3. The Bertz CT molecular complexity index is 1330. The molecule has 0 aromatic heterocycles. The zero-order valence-corrected chi connectivity index (χ0v) is 29.7. The Balaban J connectivity index is 0.00000480. The molecule has 258 valence electrons. The maximum atomic E-state index is 13.3. The first-order chi connectivity index (χ1) is 20.7. The lowest BCUT2D eigenvalue weighted by Gasteiger charge is -2.70. The molecule has 5 aliphatic rings. The van der Waals surface area contributed by atoms with Crippen molar-refractivity contribution in [2.24, 2.45) is 50.7 Å². The summed E-state index contributed by atoms with van der Waals surface area (Å²) in [6.07, 6.45) is 8.70. The van der Waals surface area contributed by atoms with Crippen molar-refractivity contribution >= 4 is 24.0 Å². The van der Waals surface area contributed by atoms with E-state index in [1.807, 2.05) is 20.8 Å². The van der Waals surface area contributed by atoms with Crippen LogP contribution in [0.2, 0.25) is 0 Å². The number of rotatable bonds is 6. The van der Waals surface area contributed by atoms with Crippen LogP contribution in [-0.4, -0.2) is 35.7 Å². The Morgan fingerprint density at radius 1 is 0.935 bits per heavy atom. The highest BCUT2D eigenvalue weighted by Gasteiger charge is 2.68. The van der Waals surface area contributed by atoms with Crippen LogP contribution in [0, 0.1) is 50.7 Å². The number of esters is 2. The van der Waals surface area contributed by atoms with Crippen molar-refractivity contribution in [1.29, 1.82) is 0 Å². The van der Waals surface area contributed by atoms with Gasteiger partial charge in [0.25, 0.3) is 0 Å². The number of fused-ring (bicyclic) bond motifs is 7. The molecule has 6 nitrogen and oxygen atoms in total. The number of carbonyl (C=O) groups excluding carboxylic acids is 4. The fraction of sp³-hybridized carbons (Fsp3) is 0.800.